The number of rotatable bonds is 0. The summed E-state index contributed by atoms with van der Waals surface area (Å²) in [6, 6.07) is 0. The predicted molar refractivity (Wildman–Crippen MR) is 16.5 cm³/mol. The van der Waals surface area contributed by atoms with E-state index in [9.17, 15) is 0 Å². The van der Waals surface area contributed by atoms with Gasteiger partial charge in [-0.25, -0.2) is 0 Å². The largest absolute Gasteiger partial charge is 2.00 e. The van der Waals surface area contributed by atoms with Crippen molar-refractivity contribution in [2.45, 2.75) is 0 Å². The van der Waals surface area contributed by atoms with Crippen molar-refractivity contribution < 1.29 is 67.7 Å². The Hall–Kier alpha value is 0.501. The minimum atomic E-state index is -2.33. The van der Waals surface area contributed by atoms with Crippen LogP contribution in [0.5, 0.6) is 0 Å². The van der Waals surface area contributed by atoms with E-state index < -0.39 is 12.3 Å². The normalized spacial score (nSPS) is 4.36. The first-order valence-electron chi connectivity index (χ1n) is 1.22. The average Bonchev–Trinajstić information content (AvgIpc) is 1.25. The molecule has 0 aliphatic heterocycles. The Balaban J connectivity index is -0.0000000171. The van der Waals surface area contributed by atoms with Crippen LogP contribution in [0.15, 0.2) is 0 Å². The fourth-order valence-electron chi connectivity index (χ4n) is 0. The Bertz CT molecular complexity index is 76.6. The second-order valence-electron chi connectivity index (χ2n) is 0.500. The van der Waals surface area contributed by atoms with Crippen molar-refractivity contribution in [2.24, 2.45) is 0 Å². The molecule has 0 aromatic carbocycles. The zero-order chi connectivity index (χ0) is 7.15. The molecule has 0 aromatic rings. The van der Waals surface area contributed by atoms with Gasteiger partial charge in [-0.15, -0.1) is 0 Å². The van der Waals surface area contributed by atoms with Crippen LogP contribution < -0.4 is 58.1 Å². The van der Waals surface area contributed by atoms with E-state index in [4.69, 9.17) is 30.0 Å². The zero-order valence-electron chi connectivity index (χ0n) is 6.16. The fraction of sp³-hybridized carbons (Fsp3) is 0. The molecule has 0 saturated carbocycles. The van der Waals surface area contributed by atoms with E-state index in [1.165, 1.54) is 0 Å². The Morgan fingerprint density at radius 2 is 0.727 bits per heavy atom. The van der Waals surface area contributed by atoms with Crippen molar-refractivity contribution in [2.75, 3.05) is 0 Å². The summed E-state index contributed by atoms with van der Waals surface area (Å²) in [6.07, 6.45) is -4.67. The minimum Gasteiger partial charge on any atom is -0.652 e. The topological polar surface area (TPSA) is 126 Å². The quantitative estimate of drug-likeness (QED) is 0.322. The van der Waals surface area contributed by atoms with Crippen molar-refractivity contribution in [3.05, 3.63) is 0 Å². The van der Waals surface area contributed by atoms with Gasteiger partial charge in [0.25, 0.3) is 0 Å². The monoisotopic (exact) mass is 158 g/mol. The van der Waals surface area contributed by atoms with Crippen molar-refractivity contribution >= 4 is 35.4 Å². The van der Waals surface area contributed by atoms with Crippen molar-refractivity contribution in [1.29, 1.82) is 0 Å². The number of carboxylic acid groups (broad SMARTS) is 4. The standard InChI is InChI=1S/2CH2O3.2Li.Mg/c2*2-1(3)4;;;/h2*(H2,2,3,4);;;/q;;2*+1;+2/p-4. The molecule has 0 heterocycles. The first-order chi connectivity index (χ1) is 3.46. The van der Waals surface area contributed by atoms with Gasteiger partial charge in [0.2, 0.25) is 0 Å². The number of carbonyl (C=O) groups is 2. The molecule has 0 bridgehead atoms. The first-order valence-corrected chi connectivity index (χ1v) is 1.22. The number of carbonyl (C=O) groups excluding carboxylic acids is 2. The van der Waals surface area contributed by atoms with Gasteiger partial charge >= 0.3 is 60.8 Å². The molecule has 0 radical (unpaired) electrons. The van der Waals surface area contributed by atoms with E-state index in [2.05, 4.69) is 0 Å². The summed E-state index contributed by atoms with van der Waals surface area (Å²) in [5, 5.41) is 33.3. The predicted octanol–water partition coefficient (Wildman–Crippen LogP) is -11.3. The zero-order valence-corrected chi connectivity index (χ0v) is 7.57. The average molecular weight is 158 g/mol. The molecule has 0 spiro atoms. The molecule has 0 rings (SSSR count). The summed E-state index contributed by atoms with van der Waals surface area (Å²) >= 11 is 0. The third-order valence-electron chi connectivity index (χ3n) is 0. The van der Waals surface area contributed by atoms with Crippen molar-refractivity contribution in [1.82, 2.24) is 0 Å². The maximum absolute atomic E-state index is 8.33. The van der Waals surface area contributed by atoms with Crippen LogP contribution in [0, 0.1) is 0 Å². The molecule has 0 aliphatic rings. The summed E-state index contributed by atoms with van der Waals surface area (Å²) in [4.78, 5) is 16.7. The molecular formula is C2Li2MgO6. The van der Waals surface area contributed by atoms with E-state index in [0.717, 1.165) is 0 Å². The van der Waals surface area contributed by atoms with Crippen LogP contribution in [-0.4, -0.2) is 35.4 Å². The van der Waals surface area contributed by atoms with Crippen molar-refractivity contribution in [3.8, 4) is 0 Å². The molecule has 6 nitrogen and oxygen atoms in total. The van der Waals surface area contributed by atoms with Crippen LogP contribution in [0.3, 0.4) is 0 Å². The van der Waals surface area contributed by atoms with Gasteiger partial charge in [0.1, 0.15) is 0 Å². The summed E-state index contributed by atoms with van der Waals surface area (Å²) in [5.74, 6) is 0. The molecule has 48 valence electrons. The van der Waals surface area contributed by atoms with Crippen molar-refractivity contribution in [3.63, 3.8) is 0 Å². The van der Waals surface area contributed by atoms with Gasteiger partial charge in [-0.05, 0) is 12.3 Å². The van der Waals surface area contributed by atoms with Crippen LogP contribution in [0.1, 0.15) is 0 Å². The third kappa shape index (κ3) is 3020. The maximum atomic E-state index is 8.33. The van der Waals surface area contributed by atoms with Gasteiger partial charge in [0.05, 0.1) is 0 Å². The third-order valence-corrected chi connectivity index (χ3v) is 0. The first kappa shape index (κ1) is 30.0. The van der Waals surface area contributed by atoms with Gasteiger partial charge in [0.15, 0.2) is 0 Å². The second-order valence-corrected chi connectivity index (χ2v) is 0.500. The Labute approximate surface area is 102 Å². The SMILES string of the molecule is O=C([O-])[O-].O=C([O-])[O-].[Li+].[Li+].[Mg+2]. The number of hydrogen-bond acceptors (Lipinski definition) is 6. The van der Waals surface area contributed by atoms with Crippen LogP contribution in [0.2, 0.25) is 0 Å². The van der Waals surface area contributed by atoms with Crippen LogP contribution in [0.25, 0.3) is 0 Å². The van der Waals surface area contributed by atoms with Gasteiger partial charge in [0, 0.05) is 0 Å². The van der Waals surface area contributed by atoms with E-state index in [-0.39, 0.29) is 60.8 Å². The molecule has 0 atom stereocenters. The molecule has 0 aromatic heterocycles. The molecule has 0 saturated heterocycles. The Morgan fingerprint density at radius 3 is 0.727 bits per heavy atom. The van der Waals surface area contributed by atoms with E-state index >= 15 is 0 Å². The van der Waals surface area contributed by atoms with Crippen LogP contribution in [0.4, 0.5) is 9.59 Å². The van der Waals surface area contributed by atoms with Gasteiger partial charge in [-0.1, -0.05) is 0 Å². The van der Waals surface area contributed by atoms with Crippen LogP contribution in [-0.2, 0) is 0 Å². The van der Waals surface area contributed by atoms with E-state index in [1.807, 2.05) is 0 Å². The van der Waals surface area contributed by atoms with Gasteiger partial charge < -0.3 is 30.0 Å². The molecule has 0 unspecified atom stereocenters. The second kappa shape index (κ2) is 22.4. The fourth-order valence-corrected chi connectivity index (χ4v) is 0. The summed E-state index contributed by atoms with van der Waals surface area (Å²) in [6.45, 7) is 0. The Morgan fingerprint density at radius 1 is 0.727 bits per heavy atom. The molecular weight excluding hydrogens is 158 g/mol. The molecule has 0 fully saturated rings. The molecule has 0 aliphatic carbocycles. The molecule has 0 N–H and O–H groups in total. The van der Waals surface area contributed by atoms with Gasteiger partial charge in [-0.3, -0.25) is 0 Å². The molecule has 11 heavy (non-hydrogen) atoms. The maximum Gasteiger partial charge on any atom is 2.00 e. The molecule has 0 amide bonds. The summed E-state index contributed by atoms with van der Waals surface area (Å²) in [5.41, 5.74) is 0. The summed E-state index contributed by atoms with van der Waals surface area (Å²) < 4.78 is 0. The Kier molecular flexibility index (Phi) is 61.2. The van der Waals surface area contributed by atoms with Crippen LogP contribution >= 0.6 is 0 Å². The number of hydrogen-bond donors (Lipinski definition) is 0. The summed E-state index contributed by atoms with van der Waals surface area (Å²) in [7, 11) is 0. The van der Waals surface area contributed by atoms with E-state index in [0.29, 0.717) is 0 Å². The van der Waals surface area contributed by atoms with Gasteiger partial charge in [-0.2, -0.15) is 0 Å². The molecule has 9 heteroatoms. The smallest absolute Gasteiger partial charge is 0.652 e. The minimum absolute atomic E-state index is 0. The van der Waals surface area contributed by atoms with E-state index in [1.54, 1.807) is 0 Å².